The van der Waals surface area contributed by atoms with E-state index >= 15 is 0 Å². The van der Waals surface area contributed by atoms with Gasteiger partial charge in [0.15, 0.2) is 0 Å². The quantitative estimate of drug-likeness (QED) is 0.344. The Kier molecular flexibility index (Phi) is 3.44. The zero-order chi connectivity index (χ0) is 3.41. The van der Waals surface area contributed by atoms with Crippen LogP contribution in [0.5, 0.6) is 0 Å². The summed E-state index contributed by atoms with van der Waals surface area (Å²) in [5.41, 5.74) is 0. The van der Waals surface area contributed by atoms with Gasteiger partial charge in [0.25, 0.3) is 7.07 Å². The molecule has 0 bridgehead atoms. The highest BCUT2D eigenvalue weighted by atomic mass is 28.1. The largest absolute Gasteiger partial charge is 0.448 e. The van der Waals surface area contributed by atoms with E-state index in [1.165, 1.54) is 0 Å². The highest BCUT2D eigenvalue weighted by Crippen LogP contribution is 1.39. The van der Waals surface area contributed by atoms with Gasteiger partial charge in [-0.2, -0.15) is 0 Å². The van der Waals surface area contributed by atoms with Gasteiger partial charge in [0.05, 0.1) is 0 Å². The van der Waals surface area contributed by atoms with Crippen LogP contribution in [0.1, 0.15) is 0 Å². The molecule has 0 heterocycles. The molecule has 0 spiro atoms. The van der Waals surface area contributed by atoms with E-state index in [0.717, 1.165) is 10.1 Å². The van der Waals surface area contributed by atoms with Crippen LogP contribution in [0.25, 0.3) is 0 Å². The second-order valence-corrected chi connectivity index (χ2v) is 0.943. The summed E-state index contributed by atoms with van der Waals surface area (Å²) < 4.78 is 4.48. The summed E-state index contributed by atoms with van der Waals surface area (Å²) in [5, 5.41) is 0. The van der Waals surface area contributed by atoms with Gasteiger partial charge in [0.2, 0.25) is 0 Å². The standard InChI is InChI=1S/CH6BOSi/c1-3-2-4/h1,4H3. The van der Waals surface area contributed by atoms with Crippen LogP contribution in [-0.2, 0) is 4.65 Å². The Bertz CT molecular complexity index is 10.0. The van der Waals surface area contributed by atoms with Gasteiger partial charge in [-0.15, -0.1) is 0 Å². The molecule has 1 nitrogen and oxygen atoms in total. The van der Waals surface area contributed by atoms with Crippen molar-refractivity contribution in [3.63, 3.8) is 0 Å². The van der Waals surface area contributed by atoms with Gasteiger partial charge in [-0.25, -0.2) is 0 Å². The van der Waals surface area contributed by atoms with Crippen molar-refractivity contribution in [2.24, 2.45) is 0 Å². The van der Waals surface area contributed by atoms with E-state index in [-0.39, 0.29) is 0 Å². The van der Waals surface area contributed by atoms with Crippen molar-refractivity contribution in [3.05, 3.63) is 0 Å². The average Bonchev–Trinajstić information content (AvgIpc) is 1.37. The first-order valence-corrected chi connectivity index (χ1v) is 2.38. The minimum absolute atomic E-state index is 1.04. The molecule has 3 heteroatoms. The third kappa shape index (κ3) is 2.24. The molecule has 0 saturated heterocycles. The maximum atomic E-state index is 4.48. The fourth-order valence-corrected chi connectivity index (χ4v) is 0. The zero-order valence-electron chi connectivity index (χ0n) is 2.99. The van der Waals surface area contributed by atoms with Crippen LogP contribution in [-0.4, -0.2) is 24.3 Å². The molecule has 0 aromatic carbocycles. The molecular formula is CH6BOSi. The van der Waals surface area contributed by atoms with Crippen molar-refractivity contribution in [2.45, 2.75) is 0 Å². The smallest absolute Gasteiger partial charge is 0.265 e. The maximum absolute atomic E-state index is 4.48. The molecule has 0 rings (SSSR count). The summed E-state index contributed by atoms with van der Waals surface area (Å²) in [6.07, 6.45) is 0. The Hall–Kier alpha value is 0.242. The topological polar surface area (TPSA) is 9.23 Å². The summed E-state index contributed by atoms with van der Waals surface area (Å²) in [6, 6.07) is 0. The highest BCUT2D eigenvalue weighted by molar-refractivity contribution is 6.85. The summed E-state index contributed by atoms with van der Waals surface area (Å²) >= 11 is 0. The van der Waals surface area contributed by atoms with E-state index in [1.54, 1.807) is 14.2 Å². The molecule has 0 amide bonds. The van der Waals surface area contributed by atoms with Crippen molar-refractivity contribution in [1.82, 2.24) is 0 Å². The van der Waals surface area contributed by atoms with Crippen LogP contribution >= 0.6 is 0 Å². The SMILES string of the molecule is CO[B][SiH3]. The normalized spacial score (nSPS) is 7.25. The van der Waals surface area contributed by atoms with Crippen LogP contribution in [0, 0.1) is 0 Å². The van der Waals surface area contributed by atoms with E-state index in [4.69, 9.17) is 0 Å². The highest BCUT2D eigenvalue weighted by Gasteiger charge is 1.60. The lowest BCUT2D eigenvalue weighted by atomic mass is 10.5. The Morgan fingerprint density at radius 1 is 2.00 bits per heavy atom. The first-order valence-electron chi connectivity index (χ1n) is 1.22. The molecule has 0 aliphatic rings. The molecule has 0 aliphatic carbocycles. The molecule has 0 aromatic rings. The lowest BCUT2D eigenvalue weighted by Crippen LogP contribution is -1.88. The summed E-state index contributed by atoms with van der Waals surface area (Å²) in [5.74, 6) is 0. The van der Waals surface area contributed by atoms with E-state index in [1.807, 2.05) is 0 Å². The summed E-state index contributed by atoms with van der Waals surface area (Å²) in [4.78, 5) is 0. The van der Waals surface area contributed by atoms with Gasteiger partial charge in [-0.3, -0.25) is 0 Å². The fraction of sp³-hybridized carbons (Fsp3) is 1.00. The van der Waals surface area contributed by atoms with E-state index in [9.17, 15) is 0 Å². The van der Waals surface area contributed by atoms with E-state index in [0.29, 0.717) is 0 Å². The second kappa shape index (κ2) is 3.24. The summed E-state index contributed by atoms with van der Waals surface area (Å²) in [7, 11) is 4.47. The third-order valence-electron chi connectivity index (χ3n) is 0.236. The lowest BCUT2D eigenvalue weighted by molar-refractivity contribution is 0.454. The molecule has 0 aliphatic heterocycles. The van der Waals surface area contributed by atoms with Crippen molar-refractivity contribution in [3.8, 4) is 0 Å². The predicted molar refractivity (Wildman–Crippen MR) is 22.7 cm³/mol. The Labute approximate surface area is 30.0 Å². The molecule has 0 atom stereocenters. The fourth-order valence-electron chi connectivity index (χ4n) is 0. The Morgan fingerprint density at radius 3 is 2.25 bits per heavy atom. The first-order chi connectivity index (χ1) is 1.91. The predicted octanol–water partition coefficient (Wildman–Crippen LogP) is -1.47. The molecule has 0 N–H and O–H groups in total. The summed E-state index contributed by atoms with van der Waals surface area (Å²) in [6.45, 7) is 0. The first kappa shape index (κ1) is 4.24. The number of hydrogen-bond acceptors (Lipinski definition) is 1. The van der Waals surface area contributed by atoms with Gasteiger partial charge in [-0.05, 0) is 0 Å². The van der Waals surface area contributed by atoms with Crippen molar-refractivity contribution in [1.29, 1.82) is 0 Å². The van der Waals surface area contributed by atoms with Crippen LogP contribution in [0.2, 0.25) is 0 Å². The minimum Gasteiger partial charge on any atom is -0.448 e. The van der Waals surface area contributed by atoms with E-state index < -0.39 is 0 Å². The van der Waals surface area contributed by atoms with Gasteiger partial charge < -0.3 is 4.65 Å². The zero-order valence-corrected chi connectivity index (χ0v) is 4.99. The minimum atomic E-state index is 1.04. The van der Waals surface area contributed by atoms with Crippen molar-refractivity contribution >= 4 is 17.2 Å². The Balaban J connectivity index is 1.97. The maximum Gasteiger partial charge on any atom is 0.265 e. The third-order valence-corrected chi connectivity index (χ3v) is 0.707. The van der Waals surface area contributed by atoms with Gasteiger partial charge in [0.1, 0.15) is 0 Å². The van der Waals surface area contributed by atoms with Gasteiger partial charge >= 0.3 is 0 Å². The van der Waals surface area contributed by atoms with Crippen LogP contribution < -0.4 is 0 Å². The second-order valence-electron chi connectivity index (χ2n) is 0.471. The number of rotatable bonds is 1. The van der Waals surface area contributed by atoms with Crippen molar-refractivity contribution in [2.75, 3.05) is 7.11 Å². The molecule has 0 saturated carbocycles. The molecule has 0 aromatic heterocycles. The van der Waals surface area contributed by atoms with Crippen LogP contribution in [0.3, 0.4) is 0 Å². The van der Waals surface area contributed by atoms with E-state index in [2.05, 4.69) is 4.65 Å². The molecule has 4 heavy (non-hydrogen) atoms. The van der Waals surface area contributed by atoms with Gasteiger partial charge in [0, 0.05) is 17.2 Å². The Morgan fingerprint density at radius 2 is 2.25 bits per heavy atom. The van der Waals surface area contributed by atoms with Crippen LogP contribution in [0.15, 0.2) is 0 Å². The molecule has 1 radical (unpaired) electrons. The number of hydrogen-bond donors (Lipinski definition) is 0. The van der Waals surface area contributed by atoms with Crippen molar-refractivity contribution < 1.29 is 4.65 Å². The van der Waals surface area contributed by atoms with Gasteiger partial charge in [-0.1, -0.05) is 0 Å². The molecule has 0 fully saturated rings. The monoisotopic (exact) mass is 73.0 g/mol. The molecule has 0 unspecified atom stereocenters. The lowest BCUT2D eigenvalue weighted by Gasteiger charge is -1.73. The van der Waals surface area contributed by atoms with Crippen LogP contribution in [0.4, 0.5) is 0 Å². The average molecular weight is 73.0 g/mol. The molecule has 23 valence electrons. The molecular weight excluding hydrogens is 66.9 g/mol.